The third kappa shape index (κ3) is 4.68. The minimum atomic E-state index is -2.58. The monoisotopic (exact) mass is 424 g/mol. The Morgan fingerprint density at radius 2 is 1.20 bits per heavy atom. The summed E-state index contributed by atoms with van der Waals surface area (Å²) in [5, 5.41) is 0. The van der Waals surface area contributed by atoms with Crippen LogP contribution in [0.4, 0.5) is 0 Å². The summed E-state index contributed by atoms with van der Waals surface area (Å²) in [6.07, 6.45) is 3.11. The molecule has 0 saturated carbocycles. The molecule has 0 aromatic heterocycles. The summed E-state index contributed by atoms with van der Waals surface area (Å²) in [5.74, 6) is 2.18. The topological polar surface area (TPSA) is 52.6 Å². The van der Waals surface area contributed by atoms with Crippen LogP contribution in [-0.2, 0) is 16.1 Å². The van der Waals surface area contributed by atoms with Crippen LogP contribution in [0.1, 0.15) is 44.2 Å². The van der Waals surface area contributed by atoms with Crippen LogP contribution in [0.15, 0.2) is 77.7 Å². The summed E-state index contributed by atoms with van der Waals surface area (Å²) in [6.45, 7) is 4.44. The van der Waals surface area contributed by atoms with E-state index in [1.165, 1.54) is 11.1 Å². The maximum absolute atomic E-state index is 11.0. The fourth-order valence-corrected chi connectivity index (χ4v) is 4.38. The van der Waals surface area contributed by atoms with Crippen molar-refractivity contribution in [2.24, 2.45) is 0 Å². The molecule has 0 aliphatic heterocycles. The number of thiol groups is 1. The van der Waals surface area contributed by atoms with E-state index in [1.54, 1.807) is 31.4 Å². The zero-order valence-corrected chi connectivity index (χ0v) is 18.5. The Kier molecular flexibility index (Phi) is 7.16. The zero-order valence-electron chi connectivity index (χ0n) is 17.6. The molecule has 0 amide bonds. The molecule has 0 spiro atoms. The van der Waals surface area contributed by atoms with Gasteiger partial charge in [0.1, 0.15) is 17.2 Å². The van der Waals surface area contributed by atoms with E-state index >= 15 is 0 Å². The van der Waals surface area contributed by atoms with Gasteiger partial charge in [0.15, 0.2) is 10.7 Å². The molecule has 1 unspecified atom stereocenters. The number of hydrogen-bond donors (Lipinski definition) is 1. The van der Waals surface area contributed by atoms with Crippen molar-refractivity contribution < 1.29 is 17.9 Å². The molecule has 0 radical (unpaired) electrons. The molecule has 0 bridgehead atoms. The summed E-state index contributed by atoms with van der Waals surface area (Å²) in [5.41, 5.74) is 2.47. The van der Waals surface area contributed by atoms with E-state index in [2.05, 4.69) is 38.1 Å². The van der Waals surface area contributed by atoms with Gasteiger partial charge in [-0.2, -0.15) is 0 Å². The molecule has 0 fully saturated rings. The lowest BCUT2D eigenvalue weighted by Crippen LogP contribution is -2.26. The summed E-state index contributed by atoms with van der Waals surface area (Å²) < 4.78 is 33.3. The molecule has 158 valence electrons. The molecule has 5 heteroatoms. The number of hydrogen-bond acceptors (Lipinski definition) is 4. The fourth-order valence-electron chi connectivity index (χ4n) is 3.99. The Bertz CT molecular complexity index is 1010. The first-order valence-corrected chi connectivity index (χ1v) is 11.4. The average molecular weight is 425 g/mol. The highest BCUT2D eigenvalue weighted by molar-refractivity contribution is 7.72. The summed E-state index contributed by atoms with van der Waals surface area (Å²) in [7, 11) is -0.898. The third-order valence-electron chi connectivity index (χ3n) is 5.61. The van der Waals surface area contributed by atoms with Gasteiger partial charge < -0.3 is 9.47 Å². The smallest absolute Gasteiger partial charge is 0.168 e. The molecule has 0 aliphatic rings. The highest BCUT2D eigenvalue weighted by Crippen LogP contribution is 2.41. The minimum Gasteiger partial charge on any atom is -0.497 e. The van der Waals surface area contributed by atoms with Gasteiger partial charge in [0, 0.05) is 5.41 Å². The predicted molar refractivity (Wildman–Crippen MR) is 121 cm³/mol. The van der Waals surface area contributed by atoms with Gasteiger partial charge in [0.2, 0.25) is 0 Å². The van der Waals surface area contributed by atoms with Gasteiger partial charge in [-0.25, -0.2) is 8.42 Å². The van der Waals surface area contributed by atoms with Gasteiger partial charge >= 0.3 is 0 Å². The lowest BCUT2D eigenvalue weighted by Gasteiger charge is -2.34. The average Bonchev–Trinajstić information content (AvgIpc) is 2.78. The molecule has 0 heterocycles. The van der Waals surface area contributed by atoms with Gasteiger partial charge in [-0.1, -0.05) is 44.5 Å². The zero-order chi connectivity index (χ0) is 21.6. The molecule has 0 saturated heterocycles. The van der Waals surface area contributed by atoms with E-state index in [9.17, 15) is 8.42 Å². The molecule has 0 N–H and O–H groups in total. The maximum Gasteiger partial charge on any atom is 0.168 e. The van der Waals surface area contributed by atoms with Gasteiger partial charge in [-0.3, -0.25) is 0 Å². The second kappa shape index (κ2) is 9.81. The van der Waals surface area contributed by atoms with Crippen molar-refractivity contribution in [1.82, 2.24) is 0 Å². The van der Waals surface area contributed by atoms with E-state index in [1.807, 2.05) is 24.3 Å². The van der Waals surface area contributed by atoms with Gasteiger partial charge in [-0.15, -0.1) is 0 Å². The van der Waals surface area contributed by atoms with Crippen molar-refractivity contribution >= 4 is 10.7 Å². The lowest BCUT2D eigenvalue weighted by molar-refractivity contribution is 0.412. The lowest BCUT2D eigenvalue weighted by atomic mass is 9.69. The number of benzene rings is 3. The molecular formula is C25H28O4S. The molecule has 3 aromatic carbocycles. The first kappa shape index (κ1) is 21.9. The molecule has 1 atom stereocenters. The summed E-state index contributed by atoms with van der Waals surface area (Å²) >= 11 is 0. The van der Waals surface area contributed by atoms with Crippen LogP contribution in [0.2, 0.25) is 0 Å². The molecule has 3 aromatic rings. The van der Waals surface area contributed by atoms with Crippen molar-refractivity contribution in [3.05, 3.63) is 83.9 Å². The van der Waals surface area contributed by atoms with Crippen LogP contribution in [-0.4, -0.2) is 15.5 Å². The molecule has 30 heavy (non-hydrogen) atoms. The molecule has 3 rings (SSSR count). The van der Waals surface area contributed by atoms with Crippen molar-refractivity contribution in [2.75, 3.05) is 7.11 Å². The van der Waals surface area contributed by atoms with Crippen LogP contribution >= 0.6 is 0 Å². The van der Waals surface area contributed by atoms with Crippen LogP contribution in [0.5, 0.6) is 17.2 Å². The molecule has 4 nitrogen and oxygen atoms in total. The largest absolute Gasteiger partial charge is 0.497 e. The predicted octanol–water partition coefficient (Wildman–Crippen LogP) is 5.95. The van der Waals surface area contributed by atoms with Crippen LogP contribution in [0, 0.1) is 0 Å². The standard InChI is InChI=1S/C25H28O4S/c1-4-18-25(5-2,19-6-10-21(28-3)11-7-19)20-8-12-22(13-9-20)29-23-14-16-24(17-15-23)30(26)27/h6-17,30H,4-5,18H2,1-3H3. The minimum absolute atomic E-state index is 0.0688. The Balaban J connectivity index is 1.88. The van der Waals surface area contributed by atoms with E-state index in [0.29, 0.717) is 11.5 Å². The first-order chi connectivity index (χ1) is 14.5. The Labute approximate surface area is 180 Å². The highest BCUT2D eigenvalue weighted by atomic mass is 32.2. The van der Waals surface area contributed by atoms with Crippen molar-refractivity contribution in [3.63, 3.8) is 0 Å². The fraction of sp³-hybridized carbons (Fsp3) is 0.280. The third-order valence-corrected chi connectivity index (χ3v) is 6.33. The van der Waals surface area contributed by atoms with E-state index in [-0.39, 0.29) is 10.3 Å². The summed E-state index contributed by atoms with van der Waals surface area (Å²) in [4.78, 5) is 0.277. The van der Waals surface area contributed by atoms with Gasteiger partial charge in [0.25, 0.3) is 0 Å². The second-order valence-electron chi connectivity index (χ2n) is 7.29. The number of methoxy groups -OCH3 is 1. The molecule has 0 aliphatic carbocycles. The normalized spacial score (nSPS) is 13.1. The quantitative estimate of drug-likeness (QED) is 0.431. The second-order valence-corrected chi connectivity index (χ2v) is 8.32. The van der Waals surface area contributed by atoms with Crippen LogP contribution in [0.3, 0.4) is 0 Å². The van der Waals surface area contributed by atoms with E-state index < -0.39 is 10.7 Å². The van der Waals surface area contributed by atoms with E-state index in [4.69, 9.17) is 9.47 Å². The molecular weight excluding hydrogens is 396 g/mol. The maximum atomic E-state index is 11.0. The highest BCUT2D eigenvalue weighted by Gasteiger charge is 2.31. The Hall–Kier alpha value is -2.79. The van der Waals surface area contributed by atoms with Gasteiger partial charge in [0.05, 0.1) is 12.0 Å². The van der Waals surface area contributed by atoms with Crippen LogP contribution in [0.25, 0.3) is 0 Å². The van der Waals surface area contributed by atoms with Gasteiger partial charge in [-0.05, 0) is 72.5 Å². The van der Waals surface area contributed by atoms with Crippen LogP contribution < -0.4 is 9.47 Å². The van der Waals surface area contributed by atoms with Crippen molar-refractivity contribution in [3.8, 4) is 17.2 Å². The first-order valence-electron chi connectivity index (χ1n) is 10.2. The Morgan fingerprint density at radius 3 is 1.60 bits per heavy atom. The van der Waals surface area contributed by atoms with Crippen molar-refractivity contribution in [1.29, 1.82) is 0 Å². The number of rotatable bonds is 9. The van der Waals surface area contributed by atoms with E-state index in [0.717, 1.165) is 25.0 Å². The Morgan fingerprint density at radius 1 is 0.733 bits per heavy atom. The number of ether oxygens (including phenoxy) is 2. The summed E-state index contributed by atoms with van der Waals surface area (Å²) in [6, 6.07) is 23.0. The van der Waals surface area contributed by atoms with Crippen molar-refractivity contribution in [2.45, 2.75) is 43.4 Å². The SMILES string of the molecule is CCCC(CC)(c1ccc(OC)cc1)c1ccc(Oc2ccc([SH](=O)=O)cc2)cc1.